The number of aromatic nitrogens is 2. The monoisotopic (exact) mass is 349 g/mol. The van der Waals surface area contributed by atoms with E-state index in [2.05, 4.69) is 40.6 Å². The Morgan fingerprint density at radius 3 is 2.83 bits per heavy atom. The minimum absolute atomic E-state index is 0.156. The van der Waals surface area contributed by atoms with Crippen molar-refractivity contribution in [1.82, 2.24) is 14.5 Å². The molecular formula is C19H28ClN3O. The Hall–Kier alpha value is -1.52. The number of imidazole rings is 1. The summed E-state index contributed by atoms with van der Waals surface area (Å²) in [5.41, 5.74) is 1.13. The minimum Gasteiger partial charge on any atom is -0.492 e. The molecule has 1 heterocycles. The fraction of sp³-hybridized carbons (Fsp3) is 0.526. The van der Waals surface area contributed by atoms with Crippen molar-refractivity contribution in [2.24, 2.45) is 0 Å². The average molecular weight is 350 g/mol. The van der Waals surface area contributed by atoms with Gasteiger partial charge >= 0.3 is 0 Å². The summed E-state index contributed by atoms with van der Waals surface area (Å²) in [4.78, 5) is 6.69. The lowest BCUT2D eigenvalue weighted by molar-refractivity contribution is 0.259. The predicted molar refractivity (Wildman–Crippen MR) is 100 cm³/mol. The van der Waals surface area contributed by atoms with Crippen molar-refractivity contribution in [3.05, 3.63) is 47.0 Å². The summed E-state index contributed by atoms with van der Waals surface area (Å²) in [6.45, 7) is 6.88. The van der Waals surface area contributed by atoms with Crippen LogP contribution in [0.2, 0.25) is 5.02 Å². The van der Waals surface area contributed by atoms with Crippen LogP contribution >= 0.6 is 11.6 Å². The number of unbranched alkanes of at least 4 members (excludes halogenated alkanes) is 1. The summed E-state index contributed by atoms with van der Waals surface area (Å²) in [6, 6.07) is 5.88. The second-order valence-electron chi connectivity index (χ2n) is 6.39. The van der Waals surface area contributed by atoms with Crippen LogP contribution in [-0.2, 0) is 6.54 Å². The lowest BCUT2D eigenvalue weighted by Gasteiger charge is -2.19. The van der Waals surface area contributed by atoms with E-state index in [1.165, 1.54) is 6.42 Å². The zero-order valence-electron chi connectivity index (χ0n) is 15.1. The van der Waals surface area contributed by atoms with E-state index in [0.717, 1.165) is 36.6 Å². The smallest absolute Gasteiger partial charge is 0.124 e. The largest absolute Gasteiger partial charge is 0.492 e. The van der Waals surface area contributed by atoms with Crippen LogP contribution in [0.5, 0.6) is 5.75 Å². The molecular weight excluding hydrogens is 322 g/mol. The van der Waals surface area contributed by atoms with Gasteiger partial charge in [0.1, 0.15) is 18.2 Å². The molecule has 132 valence electrons. The van der Waals surface area contributed by atoms with Gasteiger partial charge in [-0.2, -0.15) is 0 Å². The topological polar surface area (TPSA) is 30.3 Å². The Bertz CT molecular complexity index is 639. The Kier molecular flexibility index (Phi) is 7.13. The molecule has 1 aromatic carbocycles. The second-order valence-corrected chi connectivity index (χ2v) is 6.82. The molecule has 2 aromatic rings. The van der Waals surface area contributed by atoms with Crippen LogP contribution < -0.4 is 4.74 Å². The molecule has 1 aromatic heterocycles. The van der Waals surface area contributed by atoms with Crippen molar-refractivity contribution in [3.8, 4) is 5.75 Å². The number of hydrogen-bond donors (Lipinski definition) is 0. The van der Waals surface area contributed by atoms with Crippen LogP contribution in [0.15, 0.2) is 30.6 Å². The molecule has 4 nitrogen and oxygen atoms in total. The van der Waals surface area contributed by atoms with Crippen LogP contribution in [0.25, 0.3) is 0 Å². The number of nitrogens with zero attached hydrogens (tertiary/aromatic N) is 3. The fourth-order valence-electron chi connectivity index (χ4n) is 2.69. The van der Waals surface area contributed by atoms with Gasteiger partial charge in [-0.15, -0.1) is 0 Å². The van der Waals surface area contributed by atoms with Gasteiger partial charge in [0, 0.05) is 42.0 Å². The maximum Gasteiger partial charge on any atom is 0.124 e. The molecule has 0 amide bonds. The molecule has 0 fully saturated rings. The van der Waals surface area contributed by atoms with E-state index in [4.69, 9.17) is 16.3 Å². The number of benzene rings is 1. The summed E-state index contributed by atoms with van der Waals surface area (Å²) in [5, 5.41) is 0.695. The quantitative estimate of drug-likeness (QED) is 0.671. The molecule has 24 heavy (non-hydrogen) atoms. The SMILES string of the molecule is CCCCn1ccnc1C(C)c1ccc(Cl)cc1OCCN(C)C. The van der Waals surface area contributed by atoms with E-state index in [-0.39, 0.29) is 5.92 Å². The van der Waals surface area contributed by atoms with Gasteiger partial charge in [-0.05, 0) is 32.6 Å². The molecule has 5 heteroatoms. The van der Waals surface area contributed by atoms with Gasteiger partial charge in [-0.3, -0.25) is 0 Å². The predicted octanol–water partition coefficient (Wildman–Crippen LogP) is 4.43. The highest BCUT2D eigenvalue weighted by Crippen LogP contribution is 2.33. The third-order valence-corrected chi connectivity index (χ3v) is 4.36. The second kappa shape index (κ2) is 9.09. The highest BCUT2D eigenvalue weighted by molar-refractivity contribution is 6.30. The minimum atomic E-state index is 0.156. The summed E-state index contributed by atoms with van der Waals surface area (Å²) >= 11 is 6.18. The van der Waals surface area contributed by atoms with E-state index in [9.17, 15) is 0 Å². The van der Waals surface area contributed by atoms with Crippen LogP contribution in [0, 0.1) is 0 Å². The van der Waals surface area contributed by atoms with Crippen molar-refractivity contribution in [2.45, 2.75) is 39.2 Å². The lowest BCUT2D eigenvalue weighted by atomic mass is 9.99. The van der Waals surface area contributed by atoms with Crippen molar-refractivity contribution < 1.29 is 4.74 Å². The first-order chi connectivity index (χ1) is 11.5. The lowest BCUT2D eigenvalue weighted by Crippen LogP contribution is -2.20. The van der Waals surface area contributed by atoms with Crippen LogP contribution in [-0.4, -0.2) is 41.7 Å². The first-order valence-electron chi connectivity index (χ1n) is 8.61. The Labute approximate surface area is 150 Å². The zero-order valence-corrected chi connectivity index (χ0v) is 15.9. The van der Waals surface area contributed by atoms with E-state index < -0.39 is 0 Å². The summed E-state index contributed by atoms with van der Waals surface area (Å²) in [5.74, 6) is 2.08. The normalized spacial score (nSPS) is 12.6. The molecule has 1 atom stereocenters. The molecule has 0 aliphatic rings. The van der Waals surface area contributed by atoms with E-state index >= 15 is 0 Å². The van der Waals surface area contributed by atoms with Gasteiger partial charge in [-0.25, -0.2) is 4.98 Å². The van der Waals surface area contributed by atoms with E-state index in [0.29, 0.717) is 11.6 Å². The molecule has 2 rings (SSSR count). The number of hydrogen-bond acceptors (Lipinski definition) is 3. The highest BCUT2D eigenvalue weighted by atomic mass is 35.5. The Morgan fingerprint density at radius 2 is 2.12 bits per heavy atom. The molecule has 0 aliphatic carbocycles. The first-order valence-corrected chi connectivity index (χ1v) is 8.98. The van der Waals surface area contributed by atoms with E-state index in [1.807, 2.05) is 32.4 Å². The average Bonchev–Trinajstić information content (AvgIpc) is 3.00. The van der Waals surface area contributed by atoms with Gasteiger partial charge in [0.15, 0.2) is 0 Å². The maximum atomic E-state index is 6.18. The van der Waals surface area contributed by atoms with Gasteiger partial charge in [0.05, 0.1) is 0 Å². The van der Waals surface area contributed by atoms with Crippen LogP contribution in [0.3, 0.4) is 0 Å². The third kappa shape index (κ3) is 4.99. The third-order valence-electron chi connectivity index (χ3n) is 4.13. The van der Waals surface area contributed by atoms with Crippen molar-refractivity contribution >= 4 is 11.6 Å². The summed E-state index contributed by atoms with van der Waals surface area (Å²) in [6.07, 6.45) is 6.27. The van der Waals surface area contributed by atoms with Crippen LogP contribution in [0.4, 0.5) is 0 Å². The van der Waals surface area contributed by atoms with Crippen molar-refractivity contribution in [1.29, 1.82) is 0 Å². The van der Waals surface area contributed by atoms with Gasteiger partial charge in [-0.1, -0.05) is 37.9 Å². The number of ether oxygens (including phenoxy) is 1. The number of aryl methyl sites for hydroxylation is 1. The Morgan fingerprint density at radius 1 is 1.33 bits per heavy atom. The molecule has 1 unspecified atom stereocenters. The van der Waals surface area contributed by atoms with Crippen molar-refractivity contribution in [2.75, 3.05) is 27.2 Å². The van der Waals surface area contributed by atoms with Gasteiger partial charge in [0.2, 0.25) is 0 Å². The summed E-state index contributed by atoms with van der Waals surface area (Å²) < 4.78 is 8.25. The molecule has 0 spiro atoms. The standard InChI is InChI=1S/C19H28ClN3O/c1-5-6-10-23-11-9-21-19(23)15(2)17-8-7-16(20)14-18(17)24-13-12-22(3)4/h7-9,11,14-15H,5-6,10,12-13H2,1-4H3. The van der Waals surface area contributed by atoms with Gasteiger partial charge in [0.25, 0.3) is 0 Å². The number of likely N-dealkylation sites (N-methyl/N-ethyl adjacent to an activating group) is 1. The number of halogens is 1. The van der Waals surface area contributed by atoms with Crippen molar-refractivity contribution in [3.63, 3.8) is 0 Å². The molecule has 0 saturated carbocycles. The molecule has 0 radical (unpaired) electrons. The fourth-order valence-corrected chi connectivity index (χ4v) is 2.85. The van der Waals surface area contributed by atoms with E-state index in [1.54, 1.807) is 0 Å². The number of rotatable bonds is 9. The zero-order chi connectivity index (χ0) is 17.5. The molecule has 0 saturated heterocycles. The van der Waals surface area contributed by atoms with Gasteiger partial charge < -0.3 is 14.2 Å². The summed E-state index contributed by atoms with van der Waals surface area (Å²) in [7, 11) is 4.07. The maximum absolute atomic E-state index is 6.18. The molecule has 0 aliphatic heterocycles. The molecule has 0 bridgehead atoms. The first kappa shape index (κ1) is 18.8. The van der Waals surface area contributed by atoms with Crippen LogP contribution in [0.1, 0.15) is 44.0 Å². The molecule has 0 N–H and O–H groups in total. The Balaban J connectivity index is 2.22. The highest BCUT2D eigenvalue weighted by Gasteiger charge is 2.18.